The van der Waals surface area contributed by atoms with Crippen LogP contribution >= 0.6 is 11.5 Å². The maximum atomic E-state index is 11.6. The van der Waals surface area contributed by atoms with Crippen LogP contribution in [0.2, 0.25) is 0 Å². The Morgan fingerprint density at radius 2 is 2.31 bits per heavy atom. The molecule has 1 aromatic heterocycles. The highest BCUT2D eigenvalue weighted by atomic mass is 32.1. The molecular formula is C9H12N2OS. The largest absolute Gasteiger partial charge is 0.293 e. The lowest BCUT2D eigenvalue weighted by molar-refractivity contribution is 0.0966. The molecule has 1 saturated carbocycles. The van der Waals surface area contributed by atoms with E-state index in [-0.39, 0.29) is 5.78 Å². The minimum absolute atomic E-state index is 0.224. The van der Waals surface area contributed by atoms with Crippen molar-refractivity contribution in [2.24, 2.45) is 5.92 Å². The van der Waals surface area contributed by atoms with Crippen LogP contribution in [0.25, 0.3) is 0 Å². The zero-order chi connectivity index (χ0) is 9.10. The summed E-state index contributed by atoms with van der Waals surface area (Å²) in [6.07, 6.45) is 7.29. The molecule has 70 valence electrons. The molecule has 0 saturated heterocycles. The van der Waals surface area contributed by atoms with Gasteiger partial charge in [-0.1, -0.05) is 30.2 Å². The first-order valence-corrected chi connectivity index (χ1v) is 5.44. The zero-order valence-corrected chi connectivity index (χ0v) is 8.22. The van der Waals surface area contributed by atoms with E-state index in [1.54, 1.807) is 6.20 Å². The smallest absolute Gasteiger partial charge is 0.176 e. The lowest BCUT2D eigenvalue weighted by Crippen LogP contribution is -2.03. The molecular weight excluding hydrogens is 184 g/mol. The van der Waals surface area contributed by atoms with Crippen LogP contribution in [0, 0.1) is 5.92 Å². The Morgan fingerprint density at radius 1 is 1.54 bits per heavy atom. The van der Waals surface area contributed by atoms with Crippen molar-refractivity contribution in [2.75, 3.05) is 0 Å². The fourth-order valence-corrected chi connectivity index (χ4v) is 2.33. The van der Waals surface area contributed by atoms with Crippen molar-refractivity contribution in [3.05, 3.63) is 11.1 Å². The minimum atomic E-state index is 0.224. The molecule has 0 aliphatic heterocycles. The van der Waals surface area contributed by atoms with E-state index in [1.165, 1.54) is 37.2 Å². The molecule has 1 fully saturated rings. The van der Waals surface area contributed by atoms with Gasteiger partial charge in [-0.05, 0) is 17.5 Å². The van der Waals surface area contributed by atoms with Gasteiger partial charge in [-0.25, -0.2) is 0 Å². The molecule has 3 nitrogen and oxygen atoms in total. The summed E-state index contributed by atoms with van der Waals surface area (Å²) in [5.41, 5.74) is 0. The van der Waals surface area contributed by atoms with Crippen molar-refractivity contribution >= 4 is 17.3 Å². The van der Waals surface area contributed by atoms with Crippen LogP contribution in [0.3, 0.4) is 0 Å². The van der Waals surface area contributed by atoms with Crippen molar-refractivity contribution in [3.63, 3.8) is 0 Å². The van der Waals surface area contributed by atoms with Gasteiger partial charge in [0.25, 0.3) is 0 Å². The first-order chi connectivity index (χ1) is 6.36. The Morgan fingerprint density at radius 3 is 2.92 bits per heavy atom. The van der Waals surface area contributed by atoms with E-state index in [2.05, 4.69) is 9.59 Å². The second kappa shape index (κ2) is 3.96. The summed E-state index contributed by atoms with van der Waals surface area (Å²) in [7, 11) is 0. The third kappa shape index (κ3) is 2.12. The summed E-state index contributed by atoms with van der Waals surface area (Å²) < 4.78 is 3.69. The van der Waals surface area contributed by atoms with Crippen LogP contribution in [-0.2, 0) is 0 Å². The number of carbonyl (C=O) groups excluding carboxylic acids is 1. The monoisotopic (exact) mass is 196 g/mol. The second-order valence-corrected chi connectivity index (χ2v) is 4.35. The molecule has 1 aliphatic carbocycles. The number of aromatic nitrogens is 2. The highest BCUT2D eigenvalue weighted by Gasteiger charge is 2.20. The van der Waals surface area contributed by atoms with E-state index >= 15 is 0 Å². The predicted molar refractivity (Wildman–Crippen MR) is 50.8 cm³/mol. The van der Waals surface area contributed by atoms with E-state index in [0.717, 1.165) is 0 Å². The van der Waals surface area contributed by atoms with Gasteiger partial charge in [0, 0.05) is 6.42 Å². The molecule has 1 aromatic rings. The van der Waals surface area contributed by atoms with Gasteiger partial charge in [0.2, 0.25) is 0 Å². The maximum Gasteiger partial charge on any atom is 0.176 e. The van der Waals surface area contributed by atoms with E-state index in [0.29, 0.717) is 17.2 Å². The Bertz CT molecular complexity index is 278. The van der Waals surface area contributed by atoms with Crippen LogP contribution in [-0.4, -0.2) is 15.4 Å². The zero-order valence-electron chi connectivity index (χ0n) is 7.40. The Kier molecular flexibility index (Phi) is 2.68. The highest BCUT2D eigenvalue weighted by Crippen LogP contribution is 2.28. The Hall–Kier alpha value is -0.770. The standard InChI is InChI=1S/C9H12N2OS/c12-8(9-6-10-11-13-9)5-7-3-1-2-4-7/h6-7H,1-5H2. The van der Waals surface area contributed by atoms with Gasteiger partial charge >= 0.3 is 0 Å². The topological polar surface area (TPSA) is 42.9 Å². The van der Waals surface area contributed by atoms with Crippen LogP contribution in [0.4, 0.5) is 0 Å². The van der Waals surface area contributed by atoms with Gasteiger partial charge < -0.3 is 0 Å². The molecule has 1 heterocycles. The molecule has 0 aromatic carbocycles. The maximum absolute atomic E-state index is 11.6. The Labute approximate surface area is 81.3 Å². The molecule has 4 heteroatoms. The molecule has 0 bridgehead atoms. The number of Topliss-reactive ketones (excluding diaryl/α,β-unsaturated/α-hetero) is 1. The molecule has 0 atom stereocenters. The van der Waals surface area contributed by atoms with Gasteiger partial charge in [0.15, 0.2) is 5.78 Å². The van der Waals surface area contributed by atoms with E-state index in [9.17, 15) is 4.79 Å². The van der Waals surface area contributed by atoms with Gasteiger partial charge in [-0.15, -0.1) is 5.10 Å². The lowest BCUT2D eigenvalue weighted by atomic mass is 10.0. The van der Waals surface area contributed by atoms with Crippen LogP contribution < -0.4 is 0 Å². The van der Waals surface area contributed by atoms with Crippen molar-refractivity contribution in [1.29, 1.82) is 0 Å². The number of rotatable bonds is 3. The molecule has 0 unspecified atom stereocenters. The summed E-state index contributed by atoms with van der Waals surface area (Å²) in [6.45, 7) is 0. The third-order valence-electron chi connectivity index (χ3n) is 2.58. The van der Waals surface area contributed by atoms with Crippen LogP contribution in [0.15, 0.2) is 6.20 Å². The fraction of sp³-hybridized carbons (Fsp3) is 0.667. The number of nitrogens with zero attached hydrogens (tertiary/aromatic N) is 2. The summed E-state index contributed by atoms with van der Waals surface area (Å²) in [5, 5.41) is 3.67. The van der Waals surface area contributed by atoms with Crippen LogP contribution in [0.1, 0.15) is 41.8 Å². The molecule has 0 N–H and O–H groups in total. The summed E-state index contributed by atoms with van der Waals surface area (Å²) in [5.74, 6) is 0.844. The SMILES string of the molecule is O=C(CC1CCCC1)c1cnns1. The second-order valence-electron chi connectivity index (χ2n) is 3.56. The highest BCUT2D eigenvalue weighted by molar-refractivity contribution is 7.07. The number of hydrogen-bond donors (Lipinski definition) is 0. The van der Waals surface area contributed by atoms with Crippen molar-refractivity contribution in [3.8, 4) is 0 Å². The first-order valence-electron chi connectivity index (χ1n) is 4.67. The molecule has 0 radical (unpaired) electrons. The third-order valence-corrected chi connectivity index (χ3v) is 3.29. The van der Waals surface area contributed by atoms with E-state index < -0.39 is 0 Å². The number of hydrogen-bond acceptors (Lipinski definition) is 4. The predicted octanol–water partition coefficient (Wildman–Crippen LogP) is 2.30. The lowest BCUT2D eigenvalue weighted by Gasteiger charge is -2.04. The average Bonchev–Trinajstić information content (AvgIpc) is 2.74. The first kappa shape index (κ1) is 8.81. The minimum Gasteiger partial charge on any atom is -0.293 e. The van der Waals surface area contributed by atoms with Gasteiger partial charge in [-0.3, -0.25) is 4.79 Å². The van der Waals surface area contributed by atoms with E-state index in [4.69, 9.17) is 0 Å². The summed E-state index contributed by atoms with van der Waals surface area (Å²) in [4.78, 5) is 12.3. The van der Waals surface area contributed by atoms with Crippen molar-refractivity contribution in [1.82, 2.24) is 9.59 Å². The van der Waals surface area contributed by atoms with Crippen molar-refractivity contribution < 1.29 is 4.79 Å². The average molecular weight is 196 g/mol. The summed E-state index contributed by atoms with van der Waals surface area (Å²) >= 11 is 1.20. The van der Waals surface area contributed by atoms with Crippen molar-refractivity contribution in [2.45, 2.75) is 32.1 Å². The summed E-state index contributed by atoms with van der Waals surface area (Å²) in [6, 6.07) is 0. The van der Waals surface area contributed by atoms with Crippen LogP contribution in [0.5, 0.6) is 0 Å². The van der Waals surface area contributed by atoms with Gasteiger partial charge in [0.1, 0.15) is 4.88 Å². The molecule has 13 heavy (non-hydrogen) atoms. The number of carbonyl (C=O) groups is 1. The van der Waals surface area contributed by atoms with Gasteiger partial charge in [-0.2, -0.15) is 0 Å². The quantitative estimate of drug-likeness (QED) is 0.697. The molecule has 2 rings (SSSR count). The normalized spacial score (nSPS) is 17.8. The Balaban J connectivity index is 1.91. The molecule has 0 spiro atoms. The number of ketones is 1. The fourth-order valence-electron chi connectivity index (χ4n) is 1.87. The molecule has 1 aliphatic rings. The van der Waals surface area contributed by atoms with E-state index in [1.807, 2.05) is 0 Å². The molecule has 0 amide bonds. The van der Waals surface area contributed by atoms with Gasteiger partial charge in [0.05, 0.1) is 6.20 Å².